The Hall–Kier alpha value is -3.05. The number of carbonyl (C=O) groups is 1. The predicted molar refractivity (Wildman–Crippen MR) is 97.2 cm³/mol. The molecule has 1 amide bonds. The first kappa shape index (κ1) is 14.5. The van der Waals surface area contributed by atoms with Gasteiger partial charge in [0.2, 0.25) is 0 Å². The molecule has 0 saturated heterocycles. The van der Waals surface area contributed by atoms with Crippen LogP contribution in [-0.2, 0) is 0 Å². The fourth-order valence-corrected chi connectivity index (χ4v) is 3.19. The van der Waals surface area contributed by atoms with E-state index in [1.807, 2.05) is 60.0 Å². The van der Waals surface area contributed by atoms with Gasteiger partial charge in [0.25, 0.3) is 5.91 Å². The lowest BCUT2D eigenvalue weighted by molar-refractivity contribution is 0.102. The van der Waals surface area contributed by atoms with E-state index in [-0.39, 0.29) is 5.91 Å². The molecule has 0 atom stereocenters. The Morgan fingerprint density at radius 1 is 1.00 bits per heavy atom. The molecule has 0 unspecified atom stereocenters. The Kier molecular flexibility index (Phi) is 3.76. The largest absolute Gasteiger partial charge is 0.298 e. The average molecular weight is 331 g/mol. The summed E-state index contributed by atoms with van der Waals surface area (Å²) in [4.78, 5) is 21.0. The van der Waals surface area contributed by atoms with Gasteiger partial charge in [0.1, 0.15) is 0 Å². The van der Waals surface area contributed by atoms with Crippen molar-refractivity contribution in [1.29, 1.82) is 0 Å². The molecular weight excluding hydrogens is 318 g/mol. The fourth-order valence-electron chi connectivity index (χ4n) is 2.48. The van der Waals surface area contributed by atoms with Crippen molar-refractivity contribution in [2.45, 2.75) is 0 Å². The van der Waals surface area contributed by atoms with Gasteiger partial charge in [-0.1, -0.05) is 30.3 Å². The number of amides is 1. The van der Waals surface area contributed by atoms with E-state index in [9.17, 15) is 4.79 Å². The van der Waals surface area contributed by atoms with Gasteiger partial charge in [-0.25, -0.2) is 4.98 Å². The summed E-state index contributed by atoms with van der Waals surface area (Å²) in [7, 11) is 0. The number of fused-ring (bicyclic) bond motifs is 1. The third kappa shape index (κ3) is 2.89. The van der Waals surface area contributed by atoms with Crippen molar-refractivity contribution in [2.75, 3.05) is 5.32 Å². The van der Waals surface area contributed by atoms with E-state index in [2.05, 4.69) is 15.3 Å². The summed E-state index contributed by atoms with van der Waals surface area (Å²) in [5.41, 5.74) is 2.36. The monoisotopic (exact) mass is 331 g/mol. The van der Waals surface area contributed by atoms with Crippen molar-refractivity contribution in [3.05, 3.63) is 77.9 Å². The van der Waals surface area contributed by atoms with Crippen LogP contribution in [0.4, 0.5) is 5.13 Å². The second kappa shape index (κ2) is 6.22. The van der Waals surface area contributed by atoms with Crippen molar-refractivity contribution >= 4 is 33.1 Å². The number of benzene rings is 2. The molecule has 0 radical (unpaired) electrons. The maximum absolute atomic E-state index is 12.4. The highest BCUT2D eigenvalue weighted by molar-refractivity contribution is 7.14. The number of aromatic nitrogens is 2. The quantitative estimate of drug-likeness (QED) is 0.596. The van der Waals surface area contributed by atoms with Crippen LogP contribution in [-0.4, -0.2) is 15.9 Å². The zero-order valence-corrected chi connectivity index (χ0v) is 13.5. The van der Waals surface area contributed by atoms with E-state index in [4.69, 9.17) is 0 Å². The number of hydrogen-bond donors (Lipinski definition) is 1. The lowest BCUT2D eigenvalue weighted by Gasteiger charge is -2.03. The molecule has 2 aromatic heterocycles. The van der Waals surface area contributed by atoms with Gasteiger partial charge in [0, 0.05) is 28.9 Å². The minimum atomic E-state index is -0.159. The van der Waals surface area contributed by atoms with Crippen LogP contribution in [0.3, 0.4) is 0 Å². The fraction of sp³-hybridized carbons (Fsp3) is 0. The topological polar surface area (TPSA) is 54.9 Å². The number of carbonyl (C=O) groups excluding carboxylic acids is 1. The molecule has 4 aromatic rings. The van der Waals surface area contributed by atoms with E-state index in [0.29, 0.717) is 10.7 Å². The summed E-state index contributed by atoms with van der Waals surface area (Å²) in [6, 6.07) is 17.4. The smallest absolute Gasteiger partial charge is 0.257 e. The number of nitrogens with one attached hydrogen (secondary N) is 1. The van der Waals surface area contributed by atoms with Gasteiger partial charge < -0.3 is 0 Å². The molecule has 0 aliphatic heterocycles. The Labute approximate surface area is 142 Å². The molecule has 4 rings (SSSR count). The normalized spacial score (nSPS) is 10.7. The first-order valence-electron chi connectivity index (χ1n) is 7.46. The van der Waals surface area contributed by atoms with Gasteiger partial charge in [0.15, 0.2) is 5.13 Å². The number of rotatable bonds is 3. The summed E-state index contributed by atoms with van der Waals surface area (Å²) in [6.07, 6.45) is 3.47. The number of thiazole rings is 1. The summed E-state index contributed by atoms with van der Waals surface area (Å²) < 4.78 is 0. The molecule has 2 heterocycles. The third-order valence-corrected chi connectivity index (χ3v) is 4.45. The van der Waals surface area contributed by atoms with Gasteiger partial charge in [-0.05, 0) is 35.0 Å². The highest BCUT2D eigenvalue weighted by Gasteiger charge is 2.10. The standard InChI is InChI=1S/C19H13N3OS/c23-18(15-8-7-13-4-1-2-5-14(13)10-15)22-19-21-17(12-24-19)16-6-3-9-20-11-16/h1-12H,(H,21,22,23). The summed E-state index contributed by atoms with van der Waals surface area (Å²) in [5, 5.41) is 7.50. The van der Waals surface area contributed by atoms with Crippen molar-refractivity contribution in [1.82, 2.24) is 9.97 Å². The molecule has 0 bridgehead atoms. The minimum absolute atomic E-state index is 0.159. The van der Waals surface area contributed by atoms with Gasteiger partial charge in [0.05, 0.1) is 5.69 Å². The van der Waals surface area contributed by atoms with Crippen LogP contribution in [0.5, 0.6) is 0 Å². The molecule has 4 nitrogen and oxygen atoms in total. The van der Waals surface area contributed by atoms with E-state index in [1.165, 1.54) is 11.3 Å². The molecule has 0 saturated carbocycles. The van der Waals surface area contributed by atoms with Crippen LogP contribution >= 0.6 is 11.3 Å². The molecular formula is C19H13N3OS. The zero-order chi connectivity index (χ0) is 16.4. The number of hydrogen-bond acceptors (Lipinski definition) is 4. The summed E-state index contributed by atoms with van der Waals surface area (Å²) in [5.74, 6) is -0.159. The summed E-state index contributed by atoms with van der Waals surface area (Å²) in [6.45, 7) is 0. The second-order valence-corrected chi connectivity index (χ2v) is 6.15. The molecule has 116 valence electrons. The van der Waals surface area contributed by atoms with E-state index < -0.39 is 0 Å². The Morgan fingerprint density at radius 3 is 2.71 bits per heavy atom. The van der Waals surface area contributed by atoms with E-state index >= 15 is 0 Å². The lowest BCUT2D eigenvalue weighted by Crippen LogP contribution is -2.11. The number of nitrogens with zero attached hydrogens (tertiary/aromatic N) is 2. The molecule has 0 spiro atoms. The zero-order valence-electron chi connectivity index (χ0n) is 12.6. The molecule has 0 aliphatic rings. The maximum atomic E-state index is 12.4. The van der Waals surface area contributed by atoms with Crippen LogP contribution in [0.1, 0.15) is 10.4 Å². The Morgan fingerprint density at radius 2 is 1.88 bits per heavy atom. The molecule has 1 N–H and O–H groups in total. The lowest BCUT2D eigenvalue weighted by atomic mass is 10.1. The highest BCUT2D eigenvalue weighted by atomic mass is 32.1. The highest BCUT2D eigenvalue weighted by Crippen LogP contribution is 2.25. The Bertz CT molecular complexity index is 1010. The van der Waals surface area contributed by atoms with Gasteiger partial charge >= 0.3 is 0 Å². The molecule has 0 fully saturated rings. The van der Waals surface area contributed by atoms with Crippen LogP contribution < -0.4 is 5.32 Å². The third-order valence-electron chi connectivity index (χ3n) is 3.69. The van der Waals surface area contributed by atoms with Crippen molar-refractivity contribution in [2.24, 2.45) is 0 Å². The minimum Gasteiger partial charge on any atom is -0.298 e. The van der Waals surface area contributed by atoms with Gasteiger partial charge in [-0.3, -0.25) is 15.1 Å². The SMILES string of the molecule is O=C(Nc1nc(-c2cccnc2)cs1)c1ccc2ccccc2c1. The van der Waals surface area contributed by atoms with Gasteiger partial charge in [-0.2, -0.15) is 0 Å². The van der Waals surface area contributed by atoms with Crippen molar-refractivity contribution in [3.8, 4) is 11.3 Å². The first-order chi connectivity index (χ1) is 11.8. The maximum Gasteiger partial charge on any atom is 0.257 e. The molecule has 0 aliphatic carbocycles. The number of anilines is 1. The van der Waals surface area contributed by atoms with Crippen LogP contribution in [0.2, 0.25) is 0 Å². The Balaban J connectivity index is 1.56. The first-order valence-corrected chi connectivity index (χ1v) is 8.34. The van der Waals surface area contributed by atoms with Crippen molar-refractivity contribution < 1.29 is 4.79 Å². The van der Waals surface area contributed by atoms with E-state index in [1.54, 1.807) is 12.4 Å². The van der Waals surface area contributed by atoms with Crippen molar-refractivity contribution in [3.63, 3.8) is 0 Å². The average Bonchev–Trinajstić information content (AvgIpc) is 3.10. The predicted octanol–water partition coefficient (Wildman–Crippen LogP) is 4.61. The second-order valence-electron chi connectivity index (χ2n) is 5.30. The molecule has 2 aromatic carbocycles. The number of pyridine rings is 1. The van der Waals surface area contributed by atoms with Gasteiger partial charge in [-0.15, -0.1) is 11.3 Å². The summed E-state index contributed by atoms with van der Waals surface area (Å²) >= 11 is 1.40. The molecule has 24 heavy (non-hydrogen) atoms. The van der Waals surface area contributed by atoms with Crippen LogP contribution in [0.15, 0.2) is 72.4 Å². The van der Waals surface area contributed by atoms with Crippen LogP contribution in [0, 0.1) is 0 Å². The molecule has 5 heteroatoms. The van der Waals surface area contributed by atoms with Crippen LogP contribution in [0.25, 0.3) is 22.0 Å². The van der Waals surface area contributed by atoms with E-state index in [0.717, 1.165) is 22.0 Å².